The van der Waals surface area contributed by atoms with Gasteiger partial charge in [-0.3, -0.25) is 9.59 Å². The van der Waals surface area contributed by atoms with Gasteiger partial charge in [0.15, 0.2) is 0 Å². The largest absolute Gasteiger partial charge is 0.465 e. The minimum absolute atomic E-state index is 0.0133. The molecule has 1 aliphatic rings. The highest BCUT2D eigenvalue weighted by atomic mass is 16.5. The summed E-state index contributed by atoms with van der Waals surface area (Å²) >= 11 is 0. The number of rotatable bonds is 5. The lowest BCUT2D eigenvalue weighted by Crippen LogP contribution is -2.36. The Balaban J connectivity index is 2.28. The van der Waals surface area contributed by atoms with E-state index in [1.807, 2.05) is 0 Å². The van der Waals surface area contributed by atoms with Crippen LogP contribution in [-0.2, 0) is 19.1 Å². The molecule has 1 unspecified atom stereocenters. The first kappa shape index (κ1) is 14.0. The van der Waals surface area contributed by atoms with Crippen molar-refractivity contribution in [2.75, 3.05) is 26.8 Å². The lowest BCUT2D eigenvalue weighted by Gasteiger charge is -2.24. The summed E-state index contributed by atoms with van der Waals surface area (Å²) < 4.78 is 10.3. The Bertz CT molecular complexity index is 261. The molecular formula is C12H21NO4. The van der Waals surface area contributed by atoms with Gasteiger partial charge in [0.25, 0.3) is 0 Å². The number of hydrogen-bond donors (Lipinski definition) is 0. The molecule has 1 saturated heterocycles. The van der Waals surface area contributed by atoms with Crippen LogP contribution in [0.1, 0.15) is 32.6 Å². The maximum Gasteiger partial charge on any atom is 0.325 e. The highest BCUT2D eigenvalue weighted by molar-refractivity contribution is 5.82. The summed E-state index contributed by atoms with van der Waals surface area (Å²) in [5.41, 5.74) is 0. The average molecular weight is 243 g/mol. The molecule has 17 heavy (non-hydrogen) atoms. The minimum Gasteiger partial charge on any atom is -0.465 e. The first-order valence-electron chi connectivity index (χ1n) is 6.14. The molecule has 0 radical (unpaired) electrons. The van der Waals surface area contributed by atoms with Crippen molar-refractivity contribution in [2.45, 2.75) is 38.7 Å². The van der Waals surface area contributed by atoms with Crippen LogP contribution in [0.5, 0.6) is 0 Å². The number of likely N-dealkylation sites (N-methyl/N-ethyl adjacent to an activating group) is 1. The van der Waals surface area contributed by atoms with Crippen molar-refractivity contribution in [2.24, 2.45) is 0 Å². The van der Waals surface area contributed by atoms with E-state index in [-0.39, 0.29) is 24.5 Å². The maximum absolute atomic E-state index is 11.8. The molecule has 5 nitrogen and oxygen atoms in total. The van der Waals surface area contributed by atoms with Crippen LogP contribution in [0.2, 0.25) is 0 Å². The predicted molar refractivity (Wildman–Crippen MR) is 62.5 cm³/mol. The Labute approximate surface area is 102 Å². The third-order valence-electron chi connectivity index (χ3n) is 2.77. The van der Waals surface area contributed by atoms with Gasteiger partial charge in [-0.1, -0.05) is 0 Å². The van der Waals surface area contributed by atoms with Gasteiger partial charge < -0.3 is 14.4 Å². The van der Waals surface area contributed by atoms with Gasteiger partial charge in [-0.15, -0.1) is 0 Å². The zero-order valence-electron chi connectivity index (χ0n) is 10.6. The smallest absolute Gasteiger partial charge is 0.325 e. The van der Waals surface area contributed by atoms with Crippen LogP contribution < -0.4 is 0 Å². The first-order valence-corrected chi connectivity index (χ1v) is 6.14. The molecule has 1 amide bonds. The molecule has 5 heteroatoms. The Morgan fingerprint density at radius 2 is 2.18 bits per heavy atom. The number of ether oxygens (including phenoxy) is 2. The quantitative estimate of drug-likeness (QED) is 0.675. The van der Waals surface area contributed by atoms with Crippen LogP contribution >= 0.6 is 0 Å². The van der Waals surface area contributed by atoms with Crippen molar-refractivity contribution in [1.29, 1.82) is 0 Å². The van der Waals surface area contributed by atoms with Gasteiger partial charge in [-0.05, 0) is 26.2 Å². The summed E-state index contributed by atoms with van der Waals surface area (Å²) in [4.78, 5) is 24.4. The van der Waals surface area contributed by atoms with E-state index in [1.54, 1.807) is 14.0 Å². The zero-order valence-corrected chi connectivity index (χ0v) is 10.6. The molecular weight excluding hydrogens is 222 g/mol. The van der Waals surface area contributed by atoms with E-state index in [4.69, 9.17) is 9.47 Å². The van der Waals surface area contributed by atoms with Crippen molar-refractivity contribution in [3.05, 3.63) is 0 Å². The Morgan fingerprint density at radius 3 is 2.76 bits per heavy atom. The molecule has 0 aliphatic carbocycles. The van der Waals surface area contributed by atoms with E-state index >= 15 is 0 Å². The number of nitrogens with zero attached hydrogens (tertiary/aromatic N) is 1. The average Bonchev–Trinajstić information content (AvgIpc) is 2.30. The van der Waals surface area contributed by atoms with Crippen LogP contribution in [0.25, 0.3) is 0 Å². The summed E-state index contributed by atoms with van der Waals surface area (Å²) in [6.45, 7) is 2.83. The molecule has 98 valence electrons. The number of carbonyl (C=O) groups is 2. The zero-order chi connectivity index (χ0) is 12.7. The van der Waals surface area contributed by atoms with Gasteiger partial charge in [0, 0.05) is 13.7 Å². The predicted octanol–water partition coefficient (Wildman–Crippen LogP) is 0.967. The lowest BCUT2D eigenvalue weighted by molar-refractivity contribution is -0.149. The van der Waals surface area contributed by atoms with Crippen LogP contribution in [0.3, 0.4) is 0 Å². The Kier molecular flexibility index (Phi) is 5.97. The second-order valence-corrected chi connectivity index (χ2v) is 4.25. The van der Waals surface area contributed by atoms with Crippen LogP contribution in [0.4, 0.5) is 0 Å². The molecule has 0 saturated carbocycles. The first-order chi connectivity index (χ1) is 8.13. The van der Waals surface area contributed by atoms with Crippen molar-refractivity contribution in [1.82, 2.24) is 4.90 Å². The van der Waals surface area contributed by atoms with E-state index < -0.39 is 0 Å². The fourth-order valence-electron chi connectivity index (χ4n) is 1.81. The molecule has 0 spiro atoms. The van der Waals surface area contributed by atoms with Crippen LogP contribution in [0, 0.1) is 0 Å². The molecule has 1 rings (SSSR count). The fraction of sp³-hybridized carbons (Fsp3) is 0.833. The van der Waals surface area contributed by atoms with E-state index in [1.165, 1.54) is 4.90 Å². The number of esters is 1. The van der Waals surface area contributed by atoms with Crippen LogP contribution in [-0.4, -0.2) is 49.7 Å². The monoisotopic (exact) mass is 243 g/mol. The molecule has 1 aliphatic heterocycles. The fourth-order valence-corrected chi connectivity index (χ4v) is 1.81. The minimum atomic E-state index is -0.368. The maximum atomic E-state index is 11.8. The van der Waals surface area contributed by atoms with Gasteiger partial charge >= 0.3 is 5.97 Å². The van der Waals surface area contributed by atoms with Gasteiger partial charge in [0.05, 0.1) is 19.1 Å². The normalized spacial score (nSPS) is 19.8. The topological polar surface area (TPSA) is 55.8 Å². The Hall–Kier alpha value is -1.10. The third-order valence-corrected chi connectivity index (χ3v) is 2.77. The van der Waals surface area contributed by atoms with E-state index in [2.05, 4.69) is 0 Å². The van der Waals surface area contributed by atoms with Crippen molar-refractivity contribution in [3.8, 4) is 0 Å². The second-order valence-electron chi connectivity index (χ2n) is 4.25. The molecule has 0 aromatic heterocycles. The summed E-state index contributed by atoms with van der Waals surface area (Å²) in [6, 6.07) is 0. The Morgan fingerprint density at radius 1 is 1.41 bits per heavy atom. The molecule has 0 aromatic rings. The number of carbonyl (C=O) groups excluding carboxylic acids is 2. The van der Waals surface area contributed by atoms with Gasteiger partial charge in [-0.25, -0.2) is 0 Å². The summed E-state index contributed by atoms with van der Waals surface area (Å²) in [7, 11) is 1.61. The van der Waals surface area contributed by atoms with E-state index in [9.17, 15) is 9.59 Å². The van der Waals surface area contributed by atoms with Crippen LogP contribution in [0.15, 0.2) is 0 Å². The highest BCUT2D eigenvalue weighted by Gasteiger charge is 2.21. The van der Waals surface area contributed by atoms with E-state index in [0.29, 0.717) is 13.0 Å². The summed E-state index contributed by atoms with van der Waals surface area (Å²) in [6.07, 6.45) is 3.48. The van der Waals surface area contributed by atoms with Crippen molar-refractivity contribution in [3.63, 3.8) is 0 Å². The van der Waals surface area contributed by atoms with Crippen molar-refractivity contribution < 1.29 is 19.1 Å². The molecule has 1 fully saturated rings. The molecule has 1 atom stereocenters. The van der Waals surface area contributed by atoms with Crippen molar-refractivity contribution >= 4 is 11.9 Å². The molecule has 0 bridgehead atoms. The molecule has 0 N–H and O–H groups in total. The standard InChI is InChI=1S/C12H21NO4/c1-3-16-12(15)9-13(2)11(14)8-10-6-4-5-7-17-10/h10H,3-9H2,1-2H3. The SMILES string of the molecule is CCOC(=O)CN(C)C(=O)CC1CCCCO1. The van der Waals surface area contributed by atoms with Gasteiger partial charge in [0.2, 0.25) is 5.91 Å². The number of amides is 1. The summed E-state index contributed by atoms with van der Waals surface area (Å²) in [5.74, 6) is -0.433. The molecule has 0 aromatic carbocycles. The second kappa shape index (κ2) is 7.27. The third kappa shape index (κ3) is 5.17. The number of hydrogen-bond acceptors (Lipinski definition) is 4. The van der Waals surface area contributed by atoms with E-state index in [0.717, 1.165) is 25.9 Å². The van der Waals surface area contributed by atoms with Gasteiger partial charge in [0.1, 0.15) is 6.54 Å². The lowest BCUT2D eigenvalue weighted by atomic mass is 10.1. The molecule has 1 heterocycles. The summed E-state index contributed by atoms with van der Waals surface area (Å²) in [5, 5.41) is 0. The van der Waals surface area contributed by atoms with Gasteiger partial charge in [-0.2, -0.15) is 0 Å². The highest BCUT2D eigenvalue weighted by Crippen LogP contribution is 2.16.